The molecule has 3 atom stereocenters. The van der Waals surface area contributed by atoms with Gasteiger partial charge in [-0.1, -0.05) is 59.6 Å². The van der Waals surface area contributed by atoms with Gasteiger partial charge in [-0.3, -0.25) is 9.59 Å². The lowest BCUT2D eigenvalue weighted by Crippen LogP contribution is -2.57. The molecule has 0 fully saturated rings. The largest absolute Gasteiger partial charge is 0.445 e. The highest BCUT2D eigenvalue weighted by molar-refractivity contribution is 6.36. The van der Waals surface area contributed by atoms with Gasteiger partial charge in [0.1, 0.15) is 18.7 Å². The van der Waals surface area contributed by atoms with Crippen molar-refractivity contribution in [3.63, 3.8) is 0 Å². The molecule has 0 radical (unpaired) electrons. The van der Waals surface area contributed by atoms with E-state index in [0.29, 0.717) is 15.6 Å². The van der Waals surface area contributed by atoms with Gasteiger partial charge >= 0.3 is 6.09 Å². The molecule has 2 aromatic rings. The maximum atomic E-state index is 12.7. The first-order valence-corrected chi connectivity index (χ1v) is 10.1. The number of nitrogens with two attached hydrogens (primary N) is 1. The topological polar surface area (TPSA) is 131 Å². The van der Waals surface area contributed by atoms with E-state index in [4.69, 9.17) is 33.7 Å². The zero-order chi connectivity index (χ0) is 23.0. The van der Waals surface area contributed by atoms with Crippen LogP contribution < -0.4 is 16.4 Å². The van der Waals surface area contributed by atoms with Gasteiger partial charge in [0.05, 0.1) is 6.10 Å². The molecule has 2 aromatic carbocycles. The fourth-order valence-corrected chi connectivity index (χ4v) is 3.26. The van der Waals surface area contributed by atoms with E-state index in [0.717, 1.165) is 5.56 Å². The summed E-state index contributed by atoms with van der Waals surface area (Å²) in [5.41, 5.74) is 6.59. The average molecular weight is 468 g/mol. The average Bonchev–Trinajstić information content (AvgIpc) is 2.72. The Bertz CT molecular complexity index is 904. The van der Waals surface area contributed by atoms with Crippen molar-refractivity contribution in [2.75, 3.05) is 0 Å². The van der Waals surface area contributed by atoms with Crippen molar-refractivity contribution in [2.24, 2.45) is 5.73 Å². The molecule has 31 heavy (non-hydrogen) atoms. The van der Waals surface area contributed by atoms with Crippen molar-refractivity contribution in [1.82, 2.24) is 10.6 Å². The number of benzene rings is 2. The van der Waals surface area contributed by atoms with E-state index >= 15 is 0 Å². The molecule has 2 rings (SSSR count). The molecular formula is C21H23Cl2N3O5. The first-order valence-electron chi connectivity index (χ1n) is 9.37. The van der Waals surface area contributed by atoms with E-state index in [1.165, 1.54) is 6.92 Å². The molecule has 166 valence electrons. The van der Waals surface area contributed by atoms with Crippen LogP contribution in [0.4, 0.5) is 4.79 Å². The number of ether oxygens (including phenoxy) is 1. The summed E-state index contributed by atoms with van der Waals surface area (Å²) in [6, 6.07) is 11.2. The molecule has 3 amide bonds. The molecule has 0 heterocycles. The molecule has 0 unspecified atom stereocenters. The molecule has 0 spiro atoms. The lowest BCUT2D eigenvalue weighted by atomic mass is 10.0. The summed E-state index contributed by atoms with van der Waals surface area (Å²) in [5.74, 6) is -1.65. The van der Waals surface area contributed by atoms with E-state index in [1.807, 2.05) is 6.07 Å². The highest BCUT2D eigenvalue weighted by atomic mass is 35.5. The number of hydrogen-bond acceptors (Lipinski definition) is 5. The number of aliphatic hydroxyl groups is 1. The molecule has 0 saturated carbocycles. The predicted molar refractivity (Wildman–Crippen MR) is 117 cm³/mol. The first kappa shape index (κ1) is 24.5. The molecule has 0 saturated heterocycles. The third-order valence-electron chi connectivity index (χ3n) is 4.38. The smallest absolute Gasteiger partial charge is 0.408 e. The van der Waals surface area contributed by atoms with Gasteiger partial charge in [0.25, 0.3) is 0 Å². The quantitative estimate of drug-likeness (QED) is 0.448. The minimum atomic E-state index is -1.38. The number of primary amides is 1. The van der Waals surface area contributed by atoms with Crippen molar-refractivity contribution >= 4 is 41.1 Å². The zero-order valence-electron chi connectivity index (χ0n) is 16.7. The van der Waals surface area contributed by atoms with Gasteiger partial charge in [-0.2, -0.15) is 0 Å². The monoisotopic (exact) mass is 467 g/mol. The molecular weight excluding hydrogens is 445 g/mol. The number of nitrogens with one attached hydrogen (secondary N) is 2. The van der Waals surface area contributed by atoms with Gasteiger partial charge in [-0.05, 0) is 30.2 Å². The van der Waals surface area contributed by atoms with Crippen LogP contribution in [0, 0.1) is 0 Å². The fraction of sp³-hybridized carbons (Fsp3) is 0.286. The van der Waals surface area contributed by atoms with E-state index in [9.17, 15) is 19.5 Å². The Morgan fingerprint density at radius 1 is 1.03 bits per heavy atom. The summed E-state index contributed by atoms with van der Waals surface area (Å²) in [6.07, 6.45) is -2.25. The summed E-state index contributed by atoms with van der Waals surface area (Å²) in [7, 11) is 0. The second kappa shape index (κ2) is 11.5. The number of amides is 3. The summed E-state index contributed by atoms with van der Waals surface area (Å²) in [5, 5.41) is 15.3. The molecule has 10 heteroatoms. The number of aliphatic hydroxyl groups excluding tert-OH is 1. The maximum absolute atomic E-state index is 12.7. The van der Waals surface area contributed by atoms with E-state index in [2.05, 4.69) is 10.6 Å². The standard InChI is InChI=1S/C21H23Cl2N3O5/c1-12(27)18(26-21(30)31-11-13-6-3-2-4-7-13)20(29)25-17(19(24)28)10-14-15(22)8-5-9-16(14)23/h2-9,12,17-18,27H,10-11H2,1H3,(H2,24,28)(H,25,29)(H,26,30)/t12-,17+,18+/m1/s1. The summed E-state index contributed by atoms with van der Waals surface area (Å²) in [6.45, 7) is 1.29. The van der Waals surface area contributed by atoms with Gasteiger partial charge in [0, 0.05) is 16.5 Å². The van der Waals surface area contributed by atoms with Crippen molar-refractivity contribution in [3.8, 4) is 0 Å². The van der Waals surface area contributed by atoms with E-state index in [1.54, 1.807) is 42.5 Å². The predicted octanol–water partition coefficient (Wildman–Crippen LogP) is 2.18. The Hall–Kier alpha value is -2.81. The number of carbonyl (C=O) groups excluding carboxylic acids is 3. The number of rotatable bonds is 9. The lowest BCUT2D eigenvalue weighted by molar-refractivity contribution is -0.130. The van der Waals surface area contributed by atoms with Gasteiger partial charge in [0.2, 0.25) is 11.8 Å². The van der Waals surface area contributed by atoms with Gasteiger partial charge in [-0.15, -0.1) is 0 Å². The highest BCUT2D eigenvalue weighted by Crippen LogP contribution is 2.25. The van der Waals surface area contributed by atoms with Crippen LogP contribution in [0.1, 0.15) is 18.1 Å². The number of halogens is 2. The summed E-state index contributed by atoms with van der Waals surface area (Å²) < 4.78 is 5.07. The Balaban J connectivity index is 2.03. The van der Waals surface area contributed by atoms with Crippen LogP contribution in [0.2, 0.25) is 10.0 Å². The first-order chi connectivity index (χ1) is 14.7. The Morgan fingerprint density at radius 3 is 2.19 bits per heavy atom. The number of carbonyl (C=O) groups is 3. The van der Waals surface area contributed by atoms with Crippen molar-refractivity contribution in [2.45, 2.75) is 38.1 Å². The van der Waals surface area contributed by atoms with Gasteiger partial charge in [-0.25, -0.2) is 4.79 Å². The maximum Gasteiger partial charge on any atom is 0.408 e. The Morgan fingerprint density at radius 2 is 1.65 bits per heavy atom. The molecule has 0 aliphatic carbocycles. The summed E-state index contributed by atoms with van der Waals surface area (Å²) in [4.78, 5) is 36.6. The summed E-state index contributed by atoms with van der Waals surface area (Å²) >= 11 is 12.2. The Labute approximate surface area is 189 Å². The number of hydrogen-bond donors (Lipinski definition) is 4. The van der Waals surface area contributed by atoms with Gasteiger partial charge in [0.15, 0.2) is 0 Å². The van der Waals surface area contributed by atoms with Crippen LogP contribution >= 0.6 is 23.2 Å². The van der Waals surface area contributed by atoms with Crippen molar-refractivity contribution in [3.05, 3.63) is 69.7 Å². The second-order valence-electron chi connectivity index (χ2n) is 6.79. The van der Waals surface area contributed by atoms with Crippen molar-refractivity contribution < 1.29 is 24.2 Å². The minimum Gasteiger partial charge on any atom is -0.445 e. The number of alkyl carbamates (subject to hydrolysis) is 1. The molecule has 8 nitrogen and oxygen atoms in total. The minimum absolute atomic E-state index is 0.0181. The highest BCUT2D eigenvalue weighted by Gasteiger charge is 2.30. The zero-order valence-corrected chi connectivity index (χ0v) is 18.2. The normalized spacial score (nSPS) is 13.5. The van der Waals surface area contributed by atoms with E-state index < -0.39 is 36.1 Å². The third-order valence-corrected chi connectivity index (χ3v) is 5.09. The van der Waals surface area contributed by atoms with Crippen LogP contribution in [0.5, 0.6) is 0 Å². The lowest BCUT2D eigenvalue weighted by Gasteiger charge is -2.24. The molecule has 5 N–H and O–H groups in total. The van der Waals surface area contributed by atoms with Crippen LogP contribution in [-0.4, -0.2) is 41.2 Å². The van der Waals surface area contributed by atoms with E-state index in [-0.39, 0.29) is 13.0 Å². The van der Waals surface area contributed by atoms with Gasteiger partial charge < -0.3 is 26.2 Å². The van der Waals surface area contributed by atoms with Crippen LogP contribution in [-0.2, 0) is 27.4 Å². The SMILES string of the molecule is C[C@@H](O)[C@H](NC(=O)OCc1ccccc1)C(=O)N[C@@H](Cc1c(Cl)cccc1Cl)C(N)=O. The Kier molecular flexibility index (Phi) is 9.11. The van der Waals surface area contributed by atoms with Crippen LogP contribution in [0.3, 0.4) is 0 Å². The second-order valence-corrected chi connectivity index (χ2v) is 7.61. The molecule has 0 aliphatic rings. The fourth-order valence-electron chi connectivity index (χ4n) is 2.71. The van der Waals surface area contributed by atoms with Crippen LogP contribution in [0.15, 0.2) is 48.5 Å². The van der Waals surface area contributed by atoms with Crippen molar-refractivity contribution in [1.29, 1.82) is 0 Å². The third kappa shape index (κ3) is 7.43. The molecule has 0 aliphatic heterocycles. The molecule has 0 bridgehead atoms. The van der Waals surface area contributed by atoms with Crippen LogP contribution in [0.25, 0.3) is 0 Å². The molecule has 0 aromatic heterocycles.